The smallest absolute Gasteiger partial charge is 0.332 e. The Morgan fingerprint density at radius 2 is 0.547 bits per heavy atom. The van der Waals surface area contributed by atoms with Crippen molar-refractivity contribution in [3.05, 3.63) is 156 Å². The summed E-state index contributed by atoms with van der Waals surface area (Å²) < 4.78 is 34.8. The summed E-state index contributed by atoms with van der Waals surface area (Å²) in [6.45, 7) is -6.55. The number of fused-ring (bicyclic) bond motifs is 4. The third-order valence-electron chi connectivity index (χ3n) is 21.1. The van der Waals surface area contributed by atoms with Gasteiger partial charge in [-0.25, -0.2) is 58.3 Å². The highest BCUT2D eigenvalue weighted by Gasteiger charge is 2.72. The van der Waals surface area contributed by atoms with Gasteiger partial charge in [0.15, 0.2) is 44.7 Å². The lowest BCUT2D eigenvalue weighted by molar-refractivity contribution is -0.160. The predicted molar refractivity (Wildman–Crippen MR) is 375 cm³/mol. The molecule has 8 aromatic rings. The molecule has 4 aliphatic rings. The van der Waals surface area contributed by atoms with Crippen molar-refractivity contribution >= 4 is 68.5 Å². The molecular weight excluding hydrogens is 1390 g/mol. The van der Waals surface area contributed by atoms with Crippen LogP contribution in [0.1, 0.15) is 38.5 Å². The van der Waals surface area contributed by atoms with E-state index in [2.05, 4.69) is 41.2 Å². The van der Waals surface area contributed by atoms with Crippen molar-refractivity contribution in [2.45, 2.75) is 88.9 Å². The summed E-state index contributed by atoms with van der Waals surface area (Å²) in [5.74, 6) is -4.18. The first-order chi connectivity index (χ1) is 50.3. The Labute approximate surface area is 598 Å². The van der Waals surface area contributed by atoms with E-state index in [1.807, 2.05) is 0 Å². The van der Waals surface area contributed by atoms with Gasteiger partial charge in [-0.05, 0) is 62.8 Å². The second-order valence-electron chi connectivity index (χ2n) is 27.4. The number of aromatic nitrogens is 16. The summed E-state index contributed by atoms with van der Waals surface area (Å²) in [5, 5.41) is 58.5. The zero-order chi connectivity index (χ0) is 77.1. The maximum atomic E-state index is 14.9. The zero-order valence-corrected chi connectivity index (χ0v) is 60.3. The number of carbonyl (C=O) groups is 4. The molecule has 8 heterocycles. The van der Waals surface area contributed by atoms with Crippen LogP contribution in [0.15, 0.2) is 111 Å². The van der Waals surface area contributed by atoms with Crippen molar-refractivity contribution in [3.63, 3.8) is 0 Å². The lowest BCUT2D eigenvalue weighted by Crippen LogP contribution is -2.67. The number of ether oxygens (including phenoxy) is 4. The number of hydrogen-bond donors (Lipinski definition) is 8. The summed E-state index contributed by atoms with van der Waals surface area (Å²) in [5.41, 5.74) is -14.2. The largest absolute Gasteiger partial charge is 0.467 e. The monoisotopic (exact) mass is 1480 g/mol. The number of aliphatic hydroxyl groups excluding tert-OH is 4. The van der Waals surface area contributed by atoms with E-state index in [1.54, 1.807) is 0 Å². The van der Waals surface area contributed by atoms with Crippen LogP contribution in [-0.2, 0) is 121 Å². The Balaban J connectivity index is 1.33. The fraction of sp³-hybridized carbons (Fsp3) is 0.515. The van der Waals surface area contributed by atoms with Crippen LogP contribution in [0, 0.1) is 21.7 Å². The van der Waals surface area contributed by atoms with Gasteiger partial charge in [0.25, 0.3) is 22.2 Å². The molecule has 4 atom stereocenters. The third-order valence-corrected chi connectivity index (χ3v) is 21.1. The van der Waals surface area contributed by atoms with Gasteiger partial charge in [0.1, 0.15) is 24.2 Å². The Bertz CT molecular complexity index is 4850. The molecule has 0 spiro atoms. The van der Waals surface area contributed by atoms with Crippen molar-refractivity contribution in [2.75, 3.05) is 54.9 Å². The van der Waals surface area contributed by atoms with E-state index >= 15 is 0 Å². The van der Waals surface area contributed by atoms with E-state index in [0.717, 1.165) is 65.0 Å². The first kappa shape index (κ1) is 75.6. The second-order valence-corrected chi connectivity index (χ2v) is 27.4. The van der Waals surface area contributed by atoms with Gasteiger partial charge in [-0.2, -0.15) is 0 Å². The van der Waals surface area contributed by atoms with Gasteiger partial charge in [-0.1, -0.05) is 0 Å². The highest BCUT2D eigenvalue weighted by molar-refractivity contribution is 5.78. The number of esters is 4. The number of nitrogens with one attached hydrogen (secondary N) is 4. The maximum absolute atomic E-state index is 14.9. The van der Waals surface area contributed by atoms with Gasteiger partial charge in [-0.15, -0.1) is 0 Å². The molecule has 0 radical (unpaired) electrons. The zero-order valence-electron chi connectivity index (χ0n) is 60.3. The number of aliphatic hydroxyl groups is 4. The van der Waals surface area contributed by atoms with Crippen LogP contribution < -0.4 is 66.3 Å². The molecule has 0 aliphatic heterocycles. The molecule has 4 saturated carbocycles. The fourth-order valence-corrected chi connectivity index (χ4v) is 16.5. The molecular formula is C66H84N20O20. The van der Waals surface area contributed by atoms with Crippen molar-refractivity contribution in [3.8, 4) is 0 Å². The molecule has 0 amide bonds. The highest BCUT2D eigenvalue weighted by Crippen LogP contribution is 2.79. The lowest BCUT2D eigenvalue weighted by atomic mass is 9.33. The van der Waals surface area contributed by atoms with E-state index in [9.17, 15) is 78.0 Å². The molecule has 0 aromatic carbocycles. The van der Waals surface area contributed by atoms with E-state index in [-0.39, 0.29) is 106 Å². The maximum Gasteiger partial charge on any atom is 0.332 e. The first-order valence-corrected chi connectivity index (χ1v) is 33.4. The standard InChI is InChI=1S/C66H84N20O20/c1-75-31-67-47-43(75)51(91)83(59(99)79(47)5)17-13-39(71-35(21-87)55(95)103-9)63-25-64(40(72-36(22-88)56(96)104-10)14-18-84-52(92)44-48(68-32-76(44)2)80(6)60(84)100)28-65(26-63,41(73-37(23-89)57(97)105-11)15-19-85-53(93)45-49(69-33-77(45)3)81(7)61(85)101)30-66(27-63,29-64)42(74-38(24-90)58(98)106-12)16-20-86-54(94)46-50(70-34-78(46)4)82(8)62(86)102/h13-16,31-38,71-74,87-90H,17-30H2,1-12H3/b39-13-,40-14-,41-15-,42-16-/t35-,36-,37-,38-,63?,64?,65?,66?/m0/s1. The molecule has 0 saturated heterocycles. The topological polar surface area (TPSA) is 482 Å². The first-order valence-electron chi connectivity index (χ1n) is 33.4. The van der Waals surface area contributed by atoms with Gasteiger partial charge < -0.3 is 78.9 Å². The van der Waals surface area contributed by atoms with Crippen molar-refractivity contribution < 1.29 is 58.6 Å². The number of hydrogen-bond acceptors (Lipinski definition) is 28. The van der Waals surface area contributed by atoms with Gasteiger partial charge in [0.05, 0.1) is 106 Å². The molecule has 40 nitrogen and oxygen atoms in total. The quantitative estimate of drug-likeness (QED) is 0.0167. The molecule has 4 bridgehead atoms. The SMILES string of the molecule is COC(=O)[C@H](CO)N/C(=C\Cn1c(=O)c2c(ncn2C)n(C)c1=O)C12CC3(/C(=C/Cn4c(=O)c5c(ncn5C)n(C)c4=O)N[C@@H](CO)C(=O)OC)CC(/C(=C/Cn4c(=O)c5c(ncn5C)n(C)c4=O)N[C@@H](CO)C(=O)OC)(C1)CC(/C(=C/Cn1c(=O)c4c(ncn4C)n(C)c1=O)N[C@@H](CO)C(=O)OC)(C2)C3. The Kier molecular flexibility index (Phi) is 20.6. The van der Waals surface area contributed by atoms with Crippen molar-refractivity contribution in [1.29, 1.82) is 0 Å². The molecule has 4 aliphatic carbocycles. The van der Waals surface area contributed by atoms with E-state index < -0.39 is 167 Å². The Morgan fingerprint density at radius 1 is 0.368 bits per heavy atom. The summed E-state index contributed by atoms with van der Waals surface area (Å²) >= 11 is 0. The van der Waals surface area contributed by atoms with Crippen LogP contribution in [0.4, 0.5) is 0 Å². The molecule has 8 N–H and O–H groups in total. The Hall–Kier alpha value is -11.5. The molecule has 40 heteroatoms. The van der Waals surface area contributed by atoms with Crippen LogP contribution in [-0.4, -0.2) is 198 Å². The van der Waals surface area contributed by atoms with Gasteiger partial charge in [0, 0.05) is 101 Å². The molecule has 568 valence electrons. The number of imidazole rings is 4. The number of methoxy groups -OCH3 is 4. The van der Waals surface area contributed by atoms with Gasteiger partial charge in [0.2, 0.25) is 0 Å². The second kappa shape index (κ2) is 28.8. The molecule has 4 fully saturated rings. The molecule has 12 rings (SSSR count). The van der Waals surface area contributed by atoms with E-state index in [1.165, 1.54) is 124 Å². The molecule has 106 heavy (non-hydrogen) atoms. The molecule has 8 aromatic heterocycles. The van der Waals surface area contributed by atoms with Crippen LogP contribution in [0.3, 0.4) is 0 Å². The predicted octanol–water partition coefficient (Wildman–Crippen LogP) is -5.87. The average Bonchev–Trinajstić information content (AvgIpc) is 0.774. The number of nitrogens with zero attached hydrogens (tertiary/aromatic N) is 16. The lowest BCUT2D eigenvalue weighted by Gasteiger charge is -2.72. The van der Waals surface area contributed by atoms with Crippen LogP contribution >= 0.6 is 0 Å². The number of aryl methyl sites for hydroxylation is 8. The average molecular weight is 1480 g/mol. The number of carbonyl (C=O) groups excluding carboxylic acids is 4. The minimum Gasteiger partial charge on any atom is -0.467 e. The van der Waals surface area contributed by atoms with Gasteiger partial charge >= 0.3 is 46.6 Å². The van der Waals surface area contributed by atoms with Crippen LogP contribution in [0.2, 0.25) is 0 Å². The highest BCUT2D eigenvalue weighted by atomic mass is 16.5. The fourth-order valence-electron chi connectivity index (χ4n) is 16.5. The normalized spacial score (nSPS) is 20.8. The Morgan fingerprint density at radius 3 is 0.708 bits per heavy atom. The summed E-state index contributed by atoms with van der Waals surface area (Å²) in [6.07, 6.45) is 9.43. The van der Waals surface area contributed by atoms with Gasteiger partial charge in [-0.3, -0.25) is 55.7 Å². The summed E-state index contributed by atoms with van der Waals surface area (Å²) in [6, 6.07) is -6.85. The minimum atomic E-state index is -1.81. The van der Waals surface area contributed by atoms with E-state index in [4.69, 9.17) is 18.9 Å². The third kappa shape index (κ3) is 12.5. The number of allylic oxidation sites excluding steroid dienone is 8. The summed E-state index contributed by atoms with van der Waals surface area (Å²) in [7, 11) is 15.9. The van der Waals surface area contributed by atoms with Crippen LogP contribution in [0.5, 0.6) is 0 Å². The van der Waals surface area contributed by atoms with Crippen LogP contribution in [0.25, 0.3) is 44.7 Å². The summed E-state index contributed by atoms with van der Waals surface area (Å²) in [4.78, 5) is 192. The van der Waals surface area contributed by atoms with Crippen molar-refractivity contribution in [2.24, 2.45) is 78.0 Å². The molecule has 0 unspecified atom stereocenters. The van der Waals surface area contributed by atoms with E-state index in [0.29, 0.717) is 0 Å². The minimum absolute atomic E-state index is 0.0106. The van der Waals surface area contributed by atoms with Crippen molar-refractivity contribution in [1.82, 2.24) is 96.0 Å². The number of rotatable bonds is 28.